The molecule has 3 amide bonds. The van der Waals surface area contributed by atoms with Gasteiger partial charge >= 0.3 is 6.03 Å². The molecule has 20 heavy (non-hydrogen) atoms. The van der Waals surface area contributed by atoms with Gasteiger partial charge in [0.25, 0.3) is 5.91 Å². The third-order valence-corrected chi connectivity index (χ3v) is 2.46. The molecule has 0 aromatic heterocycles. The van der Waals surface area contributed by atoms with Crippen LogP contribution < -0.4 is 21.7 Å². The molecule has 7 heteroatoms. The number of amides is 3. The van der Waals surface area contributed by atoms with Crippen LogP contribution in [0.15, 0.2) is 24.3 Å². The van der Waals surface area contributed by atoms with Gasteiger partial charge in [-0.25, -0.2) is 4.79 Å². The minimum atomic E-state index is -0.662. The molecule has 0 aliphatic carbocycles. The summed E-state index contributed by atoms with van der Waals surface area (Å²) < 4.78 is 4.89. The van der Waals surface area contributed by atoms with Crippen molar-refractivity contribution in [3.63, 3.8) is 0 Å². The lowest BCUT2D eigenvalue weighted by Gasteiger charge is -2.08. The predicted octanol–water partition coefficient (Wildman–Crippen LogP) is 0.143. The van der Waals surface area contributed by atoms with Crippen molar-refractivity contribution in [3.8, 4) is 0 Å². The number of primary amides is 1. The Kier molecular flexibility index (Phi) is 7.08. The zero-order valence-electron chi connectivity index (χ0n) is 11.4. The number of carbonyl (C=O) groups is 2. The molecule has 0 aliphatic heterocycles. The highest BCUT2D eigenvalue weighted by Crippen LogP contribution is 2.10. The maximum Gasteiger partial charge on any atom is 0.316 e. The van der Waals surface area contributed by atoms with Crippen molar-refractivity contribution in [1.82, 2.24) is 10.6 Å². The number of nitrogens with one attached hydrogen (secondary N) is 3. The van der Waals surface area contributed by atoms with E-state index in [0.29, 0.717) is 30.9 Å². The van der Waals surface area contributed by atoms with Gasteiger partial charge in [0.05, 0.1) is 6.61 Å². The second-order valence-electron chi connectivity index (χ2n) is 4.07. The van der Waals surface area contributed by atoms with Gasteiger partial charge in [-0.15, -0.1) is 0 Å². The van der Waals surface area contributed by atoms with Crippen LogP contribution >= 0.6 is 0 Å². The van der Waals surface area contributed by atoms with E-state index < -0.39 is 6.03 Å². The standard InChI is InChI=1S/C13H20N4O3/c1-20-8-7-15-5-6-16-12(18)10-3-2-4-11(9-10)17-13(14)19/h2-4,9,15H,5-8H2,1H3,(H,16,18)(H3,14,17,19). The van der Waals surface area contributed by atoms with E-state index in [4.69, 9.17) is 10.5 Å². The first-order valence-electron chi connectivity index (χ1n) is 6.28. The summed E-state index contributed by atoms with van der Waals surface area (Å²) in [6.45, 7) is 2.55. The lowest BCUT2D eigenvalue weighted by atomic mass is 10.2. The lowest BCUT2D eigenvalue weighted by molar-refractivity contribution is 0.0953. The van der Waals surface area contributed by atoms with Crippen molar-refractivity contribution < 1.29 is 14.3 Å². The second kappa shape index (κ2) is 8.89. The van der Waals surface area contributed by atoms with Gasteiger partial charge in [-0.3, -0.25) is 4.79 Å². The summed E-state index contributed by atoms with van der Waals surface area (Å²) >= 11 is 0. The quantitative estimate of drug-likeness (QED) is 0.508. The zero-order valence-corrected chi connectivity index (χ0v) is 11.4. The summed E-state index contributed by atoms with van der Waals surface area (Å²) in [6.07, 6.45) is 0. The second-order valence-corrected chi connectivity index (χ2v) is 4.07. The topological polar surface area (TPSA) is 105 Å². The Balaban J connectivity index is 2.37. The number of hydrogen-bond acceptors (Lipinski definition) is 4. The summed E-state index contributed by atoms with van der Waals surface area (Å²) in [5.41, 5.74) is 5.97. The van der Waals surface area contributed by atoms with Gasteiger partial charge in [-0.2, -0.15) is 0 Å². The molecule has 0 fully saturated rings. The highest BCUT2D eigenvalue weighted by molar-refractivity contribution is 5.96. The van der Waals surface area contributed by atoms with Crippen LogP contribution in [0, 0.1) is 0 Å². The van der Waals surface area contributed by atoms with Crippen LogP contribution in [0.3, 0.4) is 0 Å². The van der Waals surface area contributed by atoms with E-state index in [-0.39, 0.29) is 5.91 Å². The lowest BCUT2D eigenvalue weighted by Crippen LogP contribution is -2.33. The molecule has 0 spiro atoms. The van der Waals surface area contributed by atoms with Gasteiger partial charge < -0.3 is 26.4 Å². The summed E-state index contributed by atoms with van der Waals surface area (Å²) in [7, 11) is 1.64. The first-order valence-corrected chi connectivity index (χ1v) is 6.28. The molecule has 0 radical (unpaired) electrons. The number of hydrogen-bond donors (Lipinski definition) is 4. The summed E-state index contributed by atoms with van der Waals surface area (Å²) in [5.74, 6) is -0.202. The fourth-order valence-electron chi connectivity index (χ4n) is 1.55. The average molecular weight is 280 g/mol. The largest absolute Gasteiger partial charge is 0.383 e. The number of anilines is 1. The molecule has 0 atom stereocenters. The van der Waals surface area contributed by atoms with E-state index >= 15 is 0 Å². The molecule has 110 valence electrons. The van der Waals surface area contributed by atoms with Crippen LogP contribution in [0.1, 0.15) is 10.4 Å². The molecule has 0 saturated carbocycles. The first kappa shape index (κ1) is 15.9. The molecule has 1 aromatic carbocycles. The van der Waals surface area contributed by atoms with Gasteiger partial charge in [0.2, 0.25) is 0 Å². The number of carbonyl (C=O) groups excluding carboxylic acids is 2. The normalized spacial score (nSPS) is 10.1. The first-order chi connectivity index (χ1) is 9.63. The van der Waals surface area contributed by atoms with Crippen LogP contribution in [0.4, 0.5) is 10.5 Å². The molecule has 0 saturated heterocycles. The van der Waals surface area contributed by atoms with Crippen molar-refractivity contribution >= 4 is 17.6 Å². The Morgan fingerprint density at radius 3 is 2.75 bits per heavy atom. The molecule has 5 N–H and O–H groups in total. The number of rotatable bonds is 8. The summed E-state index contributed by atoms with van der Waals surface area (Å²) in [6, 6.07) is 5.91. The maximum absolute atomic E-state index is 11.9. The third-order valence-electron chi connectivity index (χ3n) is 2.46. The fraction of sp³-hybridized carbons (Fsp3) is 0.385. The van der Waals surface area contributed by atoms with Crippen molar-refractivity contribution in [2.24, 2.45) is 5.73 Å². The molecule has 0 unspecified atom stereocenters. The Morgan fingerprint density at radius 1 is 1.25 bits per heavy atom. The monoisotopic (exact) mass is 280 g/mol. The maximum atomic E-state index is 11.9. The van der Waals surface area contributed by atoms with Crippen LogP contribution in [0.5, 0.6) is 0 Å². The molecule has 7 nitrogen and oxygen atoms in total. The Hall–Kier alpha value is -2.12. The van der Waals surface area contributed by atoms with Gasteiger partial charge in [-0.05, 0) is 18.2 Å². The Labute approximate surface area is 117 Å². The zero-order chi connectivity index (χ0) is 14.8. The Morgan fingerprint density at radius 2 is 2.05 bits per heavy atom. The molecule has 1 rings (SSSR count). The van der Waals surface area contributed by atoms with E-state index in [2.05, 4.69) is 16.0 Å². The van der Waals surface area contributed by atoms with Gasteiger partial charge in [0.15, 0.2) is 0 Å². The van der Waals surface area contributed by atoms with Gasteiger partial charge in [-0.1, -0.05) is 6.07 Å². The van der Waals surface area contributed by atoms with Gasteiger partial charge in [0.1, 0.15) is 0 Å². The highest BCUT2D eigenvalue weighted by atomic mass is 16.5. The van der Waals surface area contributed by atoms with Crippen molar-refractivity contribution in [2.75, 3.05) is 38.7 Å². The number of benzene rings is 1. The van der Waals surface area contributed by atoms with Crippen LogP contribution in [0.25, 0.3) is 0 Å². The molecular formula is C13H20N4O3. The van der Waals surface area contributed by atoms with Gasteiger partial charge in [0, 0.05) is 38.0 Å². The number of ether oxygens (including phenoxy) is 1. The van der Waals surface area contributed by atoms with E-state index in [0.717, 1.165) is 6.54 Å². The van der Waals surface area contributed by atoms with Crippen molar-refractivity contribution in [2.45, 2.75) is 0 Å². The van der Waals surface area contributed by atoms with Crippen molar-refractivity contribution in [1.29, 1.82) is 0 Å². The summed E-state index contributed by atoms with van der Waals surface area (Å²) in [5, 5.41) is 8.31. The van der Waals surface area contributed by atoms with Crippen LogP contribution in [-0.2, 0) is 4.74 Å². The predicted molar refractivity (Wildman–Crippen MR) is 76.7 cm³/mol. The highest BCUT2D eigenvalue weighted by Gasteiger charge is 2.06. The number of nitrogens with two attached hydrogens (primary N) is 1. The molecule has 0 bridgehead atoms. The minimum Gasteiger partial charge on any atom is -0.383 e. The van der Waals surface area contributed by atoms with E-state index in [1.165, 1.54) is 0 Å². The number of methoxy groups -OCH3 is 1. The SMILES string of the molecule is COCCNCCNC(=O)c1cccc(NC(N)=O)c1. The smallest absolute Gasteiger partial charge is 0.316 e. The van der Waals surface area contributed by atoms with E-state index in [1.54, 1.807) is 31.4 Å². The van der Waals surface area contributed by atoms with Crippen LogP contribution in [-0.4, -0.2) is 45.3 Å². The molecular weight excluding hydrogens is 260 g/mol. The molecule has 1 aromatic rings. The van der Waals surface area contributed by atoms with E-state index in [9.17, 15) is 9.59 Å². The molecule has 0 aliphatic rings. The minimum absolute atomic E-state index is 0.202. The average Bonchev–Trinajstić information content (AvgIpc) is 2.42. The third kappa shape index (κ3) is 6.17. The summed E-state index contributed by atoms with van der Waals surface area (Å²) in [4.78, 5) is 22.6. The van der Waals surface area contributed by atoms with Crippen LogP contribution in [0.2, 0.25) is 0 Å². The van der Waals surface area contributed by atoms with E-state index in [1.807, 2.05) is 0 Å². The van der Waals surface area contributed by atoms with Crippen molar-refractivity contribution in [3.05, 3.63) is 29.8 Å². The Bertz CT molecular complexity index is 451. The number of urea groups is 1. The molecule has 0 heterocycles. The fourth-order valence-corrected chi connectivity index (χ4v) is 1.55.